The Kier molecular flexibility index (Phi) is 4.71. The van der Waals surface area contributed by atoms with Gasteiger partial charge in [-0.15, -0.1) is 11.3 Å². The van der Waals surface area contributed by atoms with Crippen molar-refractivity contribution in [3.63, 3.8) is 0 Å². The van der Waals surface area contributed by atoms with Crippen molar-refractivity contribution in [2.24, 2.45) is 0 Å². The van der Waals surface area contributed by atoms with Crippen LogP contribution in [-0.2, 0) is 11.2 Å². The minimum atomic E-state index is -0.438. The van der Waals surface area contributed by atoms with E-state index in [1.807, 2.05) is 6.92 Å². The molecule has 0 saturated carbocycles. The molecular weight excluding hydrogens is 426 g/mol. The molecule has 0 saturated heterocycles. The van der Waals surface area contributed by atoms with Gasteiger partial charge in [0.2, 0.25) is 16.8 Å². The molecule has 5 aromatic rings. The molecule has 7 heteroatoms. The van der Waals surface area contributed by atoms with Crippen molar-refractivity contribution in [1.82, 2.24) is 5.32 Å². The molecule has 0 fully saturated rings. The van der Waals surface area contributed by atoms with Crippen molar-refractivity contribution in [3.05, 3.63) is 88.9 Å². The first-order valence-corrected chi connectivity index (χ1v) is 11.1. The van der Waals surface area contributed by atoms with E-state index in [0.717, 1.165) is 16.9 Å². The van der Waals surface area contributed by atoms with Crippen LogP contribution < -0.4 is 27.0 Å². The fourth-order valence-corrected chi connectivity index (χ4v) is 5.46. The third kappa shape index (κ3) is 2.89. The van der Waals surface area contributed by atoms with Crippen LogP contribution in [0.2, 0.25) is 0 Å². The Bertz CT molecular complexity index is 1790. The van der Waals surface area contributed by atoms with E-state index in [-0.39, 0.29) is 64.9 Å². The van der Waals surface area contributed by atoms with Crippen LogP contribution in [0.3, 0.4) is 0 Å². The van der Waals surface area contributed by atoms with E-state index in [2.05, 4.69) is 5.32 Å². The van der Waals surface area contributed by atoms with E-state index in [1.165, 1.54) is 0 Å². The number of aryl methyl sites for hydroxylation is 1. The highest BCUT2D eigenvalue weighted by Crippen LogP contribution is 2.29. The van der Waals surface area contributed by atoms with Gasteiger partial charge in [-0.25, -0.2) is 0 Å². The number of carbonyl (C=O) groups excluding carboxylic acids is 1. The van der Waals surface area contributed by atoms with Gasteiger partial charge in [-0.2, -0.15) is 0 Å². The zero-order valence-electron chi connectivity index (χ0n) is 17.1. The minimum absolute atomic E-state index is 0.0243. The van der Waals surface area contributed by atoms with Crippen molar-refractivity contribution >= 4 is 59.0 Å². The summed E-state index contributed by atoms with van der Waals surface area (Å²) in [5, 5.41) is 3.77. The fourth-order valence-electron chi connectivity index (χ4n) is 4.25. The zero-order valence-corrected chi connectivity index (χ0v) is 17.9. The molecule has 1 aromatic heterocycles. The standard InChI is InChI=1S/C25H17NO5S/c1-2-26-17(27)10-8-12-7-9-15-16(11-12)21(29)19-18-20(28)13-5-3-4-6-14(13)22(30)24(18)32-25(19)23(15)31/h3-7,9,11H,2,8,10H2,1H3,(H,26,27). The van der Waals surface area contributed by atoms with Crippen LogP contribution in [0.25, 0.3) is 41.7 Å². The van der Waals surface area contributed by atoms with Crippen LogP contribution in [0, 0.1) is 0 Å². The molecule has 1 N–H and O–H groups in total. The number of thiophene rings is 1. The summed E-state index contributed by atoms with van der Waals surface area (Å²) in [5.74, 6) is -0.0930. The van der Waals surface area contributed by atoms with E-state index >= 15 is 0 Å². The average molecular weight is 443 g/mol. The summed E-state index contributed by atoms with van der Waals surface area (Å²) in [4.78, 5) is 64.6. The van der Waals surface area contributed by atoms with Crippen molar-refractivity contribution in [2.75, 3.05) is 6.54 Å². The SMILES string of the molecule is CCNC(=O)CCc1ccc2c(=O)c3sc4c(=O)c5ccccc5c(=O)c4c3c(=O)c2c1. The van der Waals surface area contributed by atoms with Crippen molar-refractivity contribution in [2.45, 2.75) is 19.8 Å². The summed E-state index contributed by atoms with van der Waals surface area (Å²) in [7, 11) is 0. The highest BCUT2D eigenvalue weighted by Gasteiger charge is 2.22. The quantitative estimate of drug-likeness (QED) is 0.461. The second-order valence-corrected chi connectivity index (χ2v) is 8.73. The Labute approximate surface area is 184 Å². The molecule has 5 rings (SSSR count). The van der Waals surface area contributed by atoms with Crippen molar-refractivity contribution in [1.29, 1.82) is 0 Å². The Morgan fingerprint density at radius 2 is 1.34 bits per heavy atom. The van der Waals surface area contributed by atoms with Crippen LogP contribution in [0.4, 0.5) is 0 Å². The van der Waals surface area contributed by atoms with Crippen LogP contribution in [-0.4, -0.2) is 12.5 Å². The summed E-state index contributed by atoms with van der Waals surface area (Å²) < 4.78 is 0.279. The lowest BCUT2D eigenvalue weighted by Gasteiger charge is -2.04. The Morgan fingerprint density at radius 3 is 1.97 bits per heavy atom. The van der Waals surface area contributed by atoms with E-state index in [9.17, 15) is 24.0 Å². The van der Waals surface area contributed by atoms with E-state index in [4.69, 9.17) is 0 Å². The normalized spacial score (nSPS) is 11.7. The molecule has 0 atom stereocenters. The molecule has 4 aromatic carbocycles. The summed E-state index contributed by atoms with van der Waals surface area (Å²) in [6.07, 6.45) is 0.678. The number of carbonyl (C=O) groups is 1. The molecule has 0 aliphatic rings. The highest BCUT2D eigenvalue weighted by atomic mass is 32.1. The Hall–Kier alpha value is -3.71. The number of fused-ring (bicyclic) bond motifs is 5. The molecule has 0 aliphatic carbocycles. The lowest BCUT2D eigenvalue weighted by molar-refractivity contribution is -0.120. The minimum Gasteiger partial charge on any atom is -0.356 e. The van der Waals surface area contributed by atoms with Gasteiger partial charge in [-0.05, 0) is 31.0 Å². The predicted molar refractivity (Wildman–Crippen MR) is 129 cm³/mol. The average Bonchev–Trinajstić information content (AvgIpc) is 3.21. The first-order valence-electron chi connectivity index (χ1n) is 10.3. The van der Waals surface area contributed by atoms with E-state index < -0.39 is 10.9 Å². The Balaban J connectivity index is 1.83. The first kappa shape index (κ1) is 20.2. The molecular formula is C25H17NO5S. The van der Waals surface area contributed by atoms with Gasteiger partial charge in [-0.3, -0.25) is 24.0 Å². The second kappa shape index (κ2) is 7.46. The second-order valence-electron chi connectivity index (χ2n) is 7.71. The van der Waals surface area contributed by atoms with Gasteiger partial charge < -0.3 is 5.32 Å². The van der Waals surface area contributed by atoms with E-state index in [0.29, 0.717) is 13.0 Å². The molecule has 32 heavy (non-hydrogen) atoms. The third-order valence-electron chi connectivity index (χ3n) is 5.78. The lowest BCUT2D eigenvalue weighted by Crippen LogP contribution is -2.22. The number of hydrogen-bond acceptors (Lipinski definition) is 6. The van der Waals surface area contributed by atoms with Gasteiger partial charge in [0.25, 0.3) is 0 Å². The zero-order chi connectivity index (χ0) is 22.6. The predicted octanol–water partition coefficient (Wildman–Crippen LogP) is 2.75. The molecule has 0 bridgehead atoms. The van der Waals surface area contributed by atoms with Gasteiger partial charge in [-0.1, -0.05) is 30.3 Å². The van der Waals surface area contributed by atoms with Crippen LogP contribution in [0.1, 0.15) is 18.9 Å². The number of rotatable bonds is 4. The van der Waals surface area contributed by atoms with Gasteiger partial charge in [0.15, 0.2) is 10.9 Å². The third-order valence-corrected chi connectivity index (χ3v) is 6.97. The first-order chi connectivity index (χ1) is 15.4. The maximum atomic E-state index is 13.5. The maximum absolute atomic E-state index is 13.5. The Morgan fingerprint density at radius 1 is 0.781 bits per heavy atom. The molecule has 158 valence electrons. The highest BCUT2D eigenvalue weighted by molar-refractivity contribution is 7.25. The molecule has 0 unspecified atom stereocenters. The van der Waals surface area contributed by atoms with Crippen molar-refractivity contribution < 1.29 is 4.79 Å². The van der Waals surface area contributed by atoms with Crippen LogP contribution in [0.15, 0.2) is 61.6 Å². The number of hydrogen-bond donors (Lipinski definition) is 1. The number of nitrogens with one attached hydrogen (secondary N) is 1. The molecule has 0 radical (unpaired) electrons. The van der Waals surface area contributed by atoms with Gasteiger partial charge in [0.1, 0.15) is 0 Å². The topological polar surface area (TPSA) is 97.4 Å². The van der Waals surface area contributed by atoms with Gasteiger partial charge >= 0.3 is 0 Å². The van der Waals surface area contributed by atoms with Gasteiger partial charge in [0, 0.05) is 34.5 Å². The maximum Gasteiger partial charge on any atom is 0.220 e. The van der Waals surface area contributed by atoms with Gasteiger partial charge in [0.05, 0.1) is 20.2 Å². The van der Waals surface area contributed by atoms with Crippen LogP contribution >= 0.6 is 11.3 Å². The smallest absolute Gasteiger partial charge is 0.220 e. The van der Waals surface area contributed by atoms with Crippen LogP contribution in [0.5, 0.6) is 0 Å². The molecule has 6 nitrogen and oxygen atoms in total. The monoisotopic (exact) mass is 443 g/mol. The van der Waals surface area contributed by atoms with Crippen molar-refractivity contribution in [3.8, 4) is 0 Å². The molecule has 0 spiro atoms. The molecule has 1 amide bonds. The summed E-state index contributed by atoms with van der Waals surface area (Å²) in [5.41, 5.74) is -0.815. The lowest BCUT2D eigenvalue weighted by atomic mass is 9.99. The number of benzene rings is 4. The molecule has 1 heterocycles. The van der Waals surface area contributed by atoms with E-state index in [1.54, 1.807) is 42.5 Å². The largest absolute Gasteiger partial charge is 0.356 e. The molecule has 0 aliphatic heterocycles. The number of amides is 1. The summed E-state index contributed by atoms with van der Waals surface area (Å²) >= 11 is 0.919. The fraction of sp³-hybridized carbons (Fsp3) is 0.160. The summed E-state index contributed by atoms with van der Waals surface area (Å²) in [6, 6.07) is 11.4. The summed E-state index contributed by atoms with van der Waals surface area (Å²) in [6.45, 7) is 2.38.